The third-order valence-electron chi connectivity index (χ3n) is 12.6. The molecule has 2 aliphatic carbocycles. The fourth-order valence-electron chi connectivity index (χ4n) is 9.26. The van der Waals surface area contributed by atoms with Crippen LogP contribution in [-0.4, -0.2) is 94.4 Å². The lowest BCUT2D eigenvalue weighted by Gasteiger charge is -2.51. The number of β-amino-alcohol motifs (C(OH)–C–C–N with tert-alkyl or cyclic N) is 1. The quantitative estimate of drug-likeness (QED) is 0.454. The van der Waals surface area contributed by atoms with E-state index in [0.29, 0.717) is 69.4 Å². The highest BCUT2D eigenvalue weighted by Gasteiger charge is 2.49. The summed E-state index contributed by atoms with van der Waals surface area (Å²) in [5, 5.41) is 12.5. The molecular weight excluding hydrogens is 698 g/mol. The zero-order valence-corrected chi connectivity index (χ0v) is 31.5. The standard InChI is InChI=1S/C37H50ClN3O7S2/c1-25-5-3-14-37(43,23-40-15-17-49(44,45)18-16-40)32-10-7-29(32)21-41-22-36(13-4-6-27-19-30(38)9-11-31(27)36)24-48-34-12-8-28(20-33(34)41)35(42)39-50(46,47)26(25)2/h8-9,11-12,19-20,25-26,29,32,43H,3-7,10,13-18,21-24H2,1-2H3,(H,39,42)/t25-,26+,29-,32+,36-,37-/m0/s1. The van der Waals surface area contributed by atoms with Crippen molar-refractivity contribution in [2.24, 2.45) is 17.8 Å². The second kappa shape index (κ2) is 13.5. The summed E-state index contributed by atoms with van der Waals surface area (Å²) < 4.78 is 60.4. The average molecular weight is 748 g/mol. The van der Waals surface area contributed by atoms with Crippen LogP contribution in [0.25, 0.3) is 0 Å². The van der Waals surface area contributed by atoms with Crippen molar-refractivity contribution >= 4 is 43.1 Å². The SMILES string of the molecule is C[C@@H]1[C@@H](C)CCC[C@](O)(CN2CCS(=O)(=O)CC2)[C@@H]2CC[C@H]2CN2C[C@@]3(CCCc4cc(Cl)ccc43)COc3ccc(cc32)C(=O)NS1(=O)=O. The van der Waals surface area contributed by atoms with E-state index in [-0.39, 0.29) is 40.2 Å². The van der Waals surface area contributed by atoms with Crippen LogP contribution < -0.4 is 14.4 Å². The van der Waals surface area contributed by atoms with E-state index in [1.54, 1.807) is 25.1 Å². The number of nitrogens with zero attached hydrogens (tertiary/aromatic N) is 2. The van der Waals surface area contributed by atoms with E-state index in [4.69, 9.17) is 16.3 Å². The minimum atomic E-state index is -3.99. The lowest BCUT2D eigenvalue weighted by Crippen LogP contribution is -2.58. The number of hydrogen-bond donors (Lipinski definition) is 2. The van der Waals surface area contributed by atoms with E-state index < -0.39 is 36.6 Å². The van der Waals surface area contributed by atoms with Gasteiger partial charge in [0.15, 0.2) is 9.84 Å². The highest BCUT2D eigenvalue weighted by atomic mass is 35.5. The summed E-state index contributed by atoms with van der Waals surface area (Å²) in [5.74, 6) is 0.0644. The van der Waals surface area contributed by atoms with Gasteiger partial charge in [-0.3, -0.25) is 9.69 Å². The fourth-order valence-corrected chi connectivity index (χ4v) is 12.0. The Hall–Kier alpha value is -2.38. The molecule has 1 saturated heterocycles. The van der Waals surface area contributed by atoms with Crippen LogP contribution in [0.4, 0.5) is 5.69 Å². The number of sulfonamides is 1. The minimum Gasteiger partial charge on any atom is -0.490 e. The summed E-state index contributed by atoms with van der Waals surface area (Å²) in [6, 6.07) is 11.3. The predicted molar refractivity (Wildman–Crippen MR) is 195 cm³/mol. The van der Waals surface area contributed by atoms with Crippen molar-refractivity contribution < 1.29 is 31.5 Å². The molecule has 3 aliphatic heterocycles. The van der Waals surface area contributed by atoms with E-state index in [9.17, 15) is 26.7 Å². The number of amides is 1. The highest BCUT2D eigenvalue weighted by Crippen LogP contribution is 2.49. The zero-order chi connectivity index (χ0) is 35.5. The number of sulfone groups is 1. The molecule has 2 aromatic carbocycles. The molecule has 7 rings (SSSR count). The molecule has 10 nitrogen and oxygen atoms in total. The first-order chi connectivity index (χ1) is 23.7. The molecule has 5 aliphatic rings. The molecule has 6 atom stereocenters. The Labute approximate surface area is 301 Å². The lowest BCUT2D eigenvalue weighted by molar-refractivity contribution is -0.105. The molecule has 0 aromatic heterocycles. The van der Waals surface area contributed by atoms with E-state index in [2.05, 4.69) is 26.7 Å². The van der Waals surface area contributed by atoms with Crippen molar-refractivity contribution in [2.45, 2.75) is 81.5 Å². The van der Waals surface area contributed by atoms with Gasteiger partial charge >= 0.3 is 0 Å². The number of nitrogens with one attached hydrogen (secondary N) is 1. The smallest absolute Gasteiger partial charge is 0.264 e. The van der Waals surface area contributed by atoms with Crippen molar-refractivity contribution in [2.75, 3.05) is 55.7 Å². The average Bonchev–Trinajstić information content (AvgIpc) is 3.19. The summed E-state index contributed by atoms with van der Waals surface area (Å²) in [5.41, 5.74) is 2.06. The molecule has 274 valence electrons. The number of aryl methyl sites for hydroxylation is 1. The Morgan fingerprint density at radius 2 is 1.78 bits per heavy atom. The van der Waals surface area contributed by atoms with Gasteiger partial charge in [-0.25, -0.2) is 21.6 Å². The zero-order valence-electron chi connectivity index (χ0n) is 29.1. The van der Waals surface area contributed by atoms with Crippen molar-refractivity contribution in [1.82, 2.24) is 9.62 Å². The van der Waals surface area contributed by atoms with Crippen LogP contribution in [0.15, 0.2) is 36.4 Å². The van der Waals surface area contributed by atoms with E-state index in [1.807, 2.05) is 13.0 Å². The molecule has 13 heteroatoms. The maximum atomic E-state index is 13.5. The van der Waals surface area contributed by atoms with Gasteiger partial charge in [0, 0.05) is 48.7 Å². The number of benzene rings is 2. The Balaban J connectivity index is 1.28. The normalized spacial score (nSPS) is 34.3. The molecule has 2 N–H and O–H groups in total. The van der Waals surface area contributed by atoms with Crippen molar-refractivity contribution in [3.05, 3.63) is 58.1 Å². The minimum absolute atomic E-state index is 0.0158. The molecule has 0 unspecified atom stereocenters. The maximum absolute atomic E-state index is 13.5. The van der Waals surface area contributed by atoms with Crippen LogP contribution in [-0.2, 0) is 31.7 Å². The first-order valence-corrected chi connectivity index (χ1v) is 21.9. The highest BCUT2D eigenvalue weighted by molar-refractivity contribution is 7.91. The molecule has 0 radical (unpaired) electrons. The summed E-state index contributed by atoms with van der Waals surface area (Å²) in [7, 11) is -7.06. The summed E-state index contributed by atoms with van der Waals surface area (Å²) in [6.45, 7) is 6.44. The lowest BCUT2D eigenvalue weighted by atomic mass is 9.62. The van der Waals surface area contributed by atoms with E-state index in [0.717, 1.165) is 37.8 Å². The first-order valence-electron chi connectivity index (χ1n) is 18.2. The van der Waals surface area contributed by atoms with E-state index in [1.165, 1.54) is 11.1 Å². The van der Waals surface area contributed by atoms with Crippen molar-refractivity contribution in [3.63, 3.8) is 0 Å². The van der Waals surface area contributed by atoms with Gasteiger partial charge in [-0.2, -0.15) is 0 Å². The Kier molecular flexibility index (Phi) is 9.76. The van der Waals surface area contributed by atoms with Gasteiger partial charge in [0.05, 0.1) is 34.7 Å². The molecule has 2 fully saturated rings. The van der Waals surface area contributed by atoms with E-state index >= 15 is 0 Å². The number of hydrogen-bond acceptors (Lipinski definition) is 9. The number of halogens is 1. The predicted octanol–water partition coefficient (Wildman–Crippen LogP) is 4.57. The number of carbonyl (C=O) groups excluding carboxylic acids is 1. The number of aliphatic hydroxyl groups is 1. The van der Waals surface area contributed by atoms with Crippen LogP contribution in [0.2, 0.25) is 5.02 Å². The fraction of sp³-hybridized carbons (Fsp3) is 0.649. The molecular formula is C37H50ClN3O7S2. The maximum Gasteiger partial charge on any atom is 0.264 e. The molecule has 1 amide bonds. The number of ether oxygens (including phenoxy) is 1. The molecule has 50 heavy (non-hydrogen) atoms. The van der Waals surface area contributed by atoms with Gasteiger partial charge in [0.1, 0.15) is 5.75 Å². The number of anilines is 1. The second-order valence-corrected chi connectivity index (χ2v) is 20.6. The van der Waals surface area contributed by atoms with Crippen LogP contribution in [0.5, 0.6) is 5.75 Å². The van der Waals surface area contributed by atoms with Crippen LogP contribution in [0.3, 0.4) is 0 Å². The number of rotatable bonds is 2. The van der Waals surface area contributed by atoms with Crippen LogP contribution >= 0.6 is 11.6 Å². The summed E-state index contributed by atoms with van der Waals surface area (Å²) in [6.07, 6.45) is 6.32. The first kappa shape index (κ1) is 36.0. The number of fused-ring (bicyclic) bond motifs is 4. The van der Waals surface area contributed by atoms with Gasteiger partial charge in [-0.05, 0) is 111 Å². The Bertz CT molecular complexity index is 1840. The summed E-state index contributed by atoms with van der Waals surface area (Å²) >= 11 is 6.45. The molecule has 1 saturated carbocycles. The van der Waals surface area contributed by atoms with Gasteiger partial charge in [0.2, 0.25) is 10.0 Å². The Morgan fingerprint density at radius 3 is 2.52 bits per heavy atom. The monoisotopic (exact) mass is 747 g/mol. The molecule has 3 heterocycles. The van der Waals surface area contributed by atoms with Gasteiger partial charge in [0.25, 0.3) is 5.91 Å². The third-order valence-corrected chi connectivity index (χ3v) is 16.3. The largest absolute Gasteiger partial charge is 0.490 e. The van der Waals surface area contributed by atoms with Crippen molar-refractivity contribution in [3.8, 4) is 5.75 Å². The molecule has 2 bridgehead atoms. The van der Waals surface area contributed by atoms with Crippen LogP contribution in [0, 0.1) is 17.8 Å². The summed E-state index contributed by atoms with van der Waals surface area (Å²) in [4.78, 5) is 18.0. The van der Waals surface area contributed by atoms with Gasteiger partial charge in [-0.15, -0.1) is 0 Å². The van der Waals surface area contributed by atoms with Gasteiger partial charge in [-0.1, -0.05) is 31.0 Å². The topological polar surface area (TPSA) is 133 Å². The van der Waals surface area contributed by atoms with Crippen molar-refractivity contribution in [1.29, 1.82) is 0 Å². The molecule has 1 spiro atoms. The molecule has 2 aromatic rings. The second-order valence-electron chi connectivity index (χ2n) is 15.8. The third kappa shape index (κ3) is 7.04. The van der Waals surface area contributed by atoms with Gasteiger partial charge < -0.3 is 14.7 Å². The number of carbonyl (C=O) groups is 1. The Morgan fingerprint density at radius 1 is 1.00 bits per heavy atom. The van der Waals surface area contributed by atoms with Crippen LogP contribution in [0.1, 0.15) is 80.3 Å².